The summed E-state index contributed by atoms with van der Waals surface area (Å²) in [5.41, 5.74) is 9.34. The molecular weight excluding hydrogens is 572 g/mol. The number of aldehydes is 1. The number of fused-ring (bicyclic) bond motifs is 2. The third kappa shape index (κ3) is 6.55. The standard InChI is InChI=1S/C19H18O2.C18H17BrO/c1-13-4-7-15(8-5-13)17-11-19(2,3)21-18-9-6-14(12-20)10-16(17)18;1-12-4-6-13(7-5-12)16-11-18(2,3)20-17-9-8-14(19)10-15(16)17/h4-12H,1-3H3;4-11H,1-3H3. The van der Waals surface area contributed by atoms with E-state index in [0.29, 0.717) is 5.56 Å². The monoisotopic (exact) mass is 606 g/mol. The Balaban J connectivity index is 0.000000165. The van der Waals surface area contributed by atoms with Crippen molar-refractivity contribution >= 4 is 33.4 Å². The van der Waals surface area contributed by atoms with Crippen LogP contribution in [0.5, 0.6) is 11.5 Å². The van der Waals surface area contributed by atoms with Crippen molar-refractivity contribution in [1.29, 1.82) is 0 Å². The largest absolute Gasteiger partial charge is 0.483 e. The highest BCUT2D eigenvalue weighted by Crippen LogP contribution is 2.41. The van der Waals surface area contributed by atoms with Gasteiger partial charge < -0.3 is 9.47 Å². The lowest BCUT2D eigenvalue weighted by atomic mass is 9.89. The Kier molecular flexibility index (Phi) is 7.80. The second kappa shape index (κ2) is 11.2. The average molecular weight is 608 g/mol. The van der Waals surface area contributed by atoms with Gasteiger partial charge in [-0.2, -0.15) is 0 Å². The van der Waals surface area contributed by atoms with Crippen molar-refractivity contribution < 1.29 is 14.3 Å². The van der Waals surface area contributed by atoms with Gasteiger partial charge in [0, 0.05) is 21.2 Å². The summed E-state index contributed by atoms with van der Waals surface area (Å²) in [5, 5.41) is 0. The summed E-state index contributed by atoms with van der Waals surface area (Å²) in [6.07, 6.45) is 5.19. The SMILES string of the molecule is Cc1ccc(C2=CC(C)(C)Oc3ccc(Br)cc32)cc1.Cc1ccc(C2=CC(C)(C)Oc3ccc(C=O)cc32)cc1. The van der Waals surface area contributed by atoms with Gasteiger partial charge in [0.25, 0.3) is 0 Å². The van der Waals surface area contributed by atoms with E-state index in [4.69, 9.17) is 9.47 Å². The lowest BCUT2D eigenvalue weighted by molar-refractivity contribution is 0.112. The second-order valence-electron chi connectivity index (χ2n) is 11.8. The van der Waals surface area contributed by atoms with Crippen molar-refractivity contribution in [2.45, 2.75) is 52.7 Å². The van der Waals surface area contributed by atoms with Crippen LogP contribution in [-0.4, -0.2) is 17.5 Å². The van der Waals surface area contributed by atoms with Crippen LogP contribution in [-0.2, 0) is 0 Å². The summed E-state index contributed by atoms with van der Waals surface area (Å²) in [6, 6.07) is 28.8. The van der Waals surface area contributed by atoms with E-state index in [1.165, 1.54) is 22.3 Å². The fourth-order valence-corrected chi connectivity index (χ4v) is 5.50. The van der Waals surface area contributed by atoms with Crippen LogP contribution < -0.4 is 9.47 Å². The molecule has 0 bridgehead atoms. The normalized spacial score (nSPS) is 15.9. The molecule has 4 aromatic carbocycles. The van der Waals surface area contributed by atoms with Gasteiger partial charge in [0.2, 0.25) is 0 Å². The Morgan fingerprint density at radius 3 is 1.51 bits per heavy atom. The highest BCUT2D eigenvalue weighted by Gasteiger charge is 2.28. The molecule has 0 saturated carbocycles. The third-order valence-electron chi connectivity index (χ3n) is 7.12. The molecule has 0 saturated heterocycles. The summed E-state index contributed by atoms with van der Waals surface area (Å²) >= 11 is 3.55. The molecule has 41 heavy (non-hydrogen) atoms. The zero-order valence-electron chi connectivity index (χ0n) is 24.4. The molecule has 0 amide bonds. The molecular formula is C37H35BrO3. The first-order chi connectivity index (χ1) is 19.4. The molecule has 0 atom stereocenters. The minimum atomic E-state index is -0.365. The van der Waals surface area contributed by atoms with E-state index in [9.17, 15) is 4.79 Å². The number of ether oxygens (including phenoxy) is 2. The van der Waals surface area contributed by atoms with Gasteiger partial charge in [-0.05, 0) is 112 Å². The highest BCUT2D eigenvalue weighted by molar-refractivity contribution is 9.10. The average Bonchev–Trinajstić information content (AvgIpc) is 2.93. The molecule has 0 fully saturated rings. The maximum Gasteiger partial charge on any atom is 0.150 e. The summed E-state index contributed by atoms with van der Waals surface area (Å²) in [4.78, 5) is 11.0. The summed E-state index contributed by atoms with van der Waals surface area (Å²) in [7, 11) is 0. The number of hydrogen-bond donors (Lipinski definition) is 0. The van der Waals surface area contributed by atoms with Gasteiger partial charge in [-0.1, -0.05) is 75.6 Å². The van der Waals surface area contributed by atoms with E-state index in [1.807, 2.05) is 38.1 Å². The Labute approximate surface area is 251 Å². The van der Waals surface area contributed by atoms with E-state index in [1.54, 1.807) is 6.07 Å². The first kappa shape index (κ1) is 28.6. The van der Waals surface area contributed by atoms with Crippen molar-refractivity contribution in [2.24, 2.45) is 0 Å². The number of carbonyl (C=O) groups is 1. The van der Waals surface area contributed by atoms with Crippen LogP contribution in [0.2, 0.25) is 0 Å². The van der Waals surface area contributed by atoms with Gasteiger partial charge >= 0.3 is 0 Å². The van der Waals surface area contributed by atoms with Crippen LogP contribution in [0.1, 0.15) is 71.4 Å². The Hall–Kier alpha value is -3.89. The number of aryl methyl sites for hydroxylation is 2. The Morgan fingerprint density at radius 2 is 1.05 bits per heavy atom. The molecule has 0 unspecified atom stereocenters. The van der Waals surface area contributed by atoms with Gasteiger partial charge in [-0.3, -0.25) is 4.79 Å². The predicted molar refractivity (Wildman–Crippen MR) is 172 cm³/mol. The number of benzene rings is 4. The maximum absolute atomic E-state index is 11.0. The third-order valence-corrected chi connectivity index (χ3v) is 7.61. The molecule has 4 aromatic rings. The number of rotatable bonds is 3. The quantitative estimate of drug-likeness (QED) is 0.218. The highest BCUT2D eigenvalue weighted by atomic mass is 79.9. The van der Waals surface area contributed by atoms with Crippen LogP contribution in [0.4, 0.5) is 0 Å². The molecule has 4 heteroatoms. The van der Waals surface area contributed by atoms with E-state index in [-0.39, 0.29) is 11.2 Å². The summed E-state index contributed by atoms with van der Waals surface area (Å²) in [6.45, 7) is 12.4. The van der Waals surface area contributed by atoms with Crippen molar-refractivity contribution in [3.8, 4) is 11.5 Å². The first-order valence-corrected chi connectivity index (χ1v) is 14.6. The minimum absolute atomic E-state index is 0.291. The zero-order valence-corrected chi connectivity index (χ0v) is 26.0. The van der Waals surface area contributed by atoms with E-state index in [0.717, 1.165) is 44.5 Å². The molecule has 2 heterocycles. The van der Waals surface area contributed by atoms with Crippen molar-refractivity contribution in [3.05, 3.63) is 140 Å². The molecule has 208 valence electrons. The maximum atomic E-state index is 11.0. The molecule has 2 aliphatic rings. The molecule has 2 aliphatic heterocycles. The smallest absolute Gasteiger partial charge is 0.150 e. The van der Waals surface area contributed by atoms with Crippen molar-refractivity contribution in [3.63, 3.8) is 0 Å². The van der Waals surface area contributed by atoms with Crippen LogP contribution in [0, 0.1) is 13.8 Å². The predicted octanol–water partition coefficient (Wildman–Crippen LogP) is 9.77. The fraction of sp³-hybridized carbons (Fsp3) is 0.216. The fourth-order valence-electron chi connectivity index (χ4n) is 5.14. The first-order valence-electron chi connectivity index (χ1n) is 13.8. The topological polar surface area (TPSA) is 35.5 Å². The van der Waals surface area contributed by atoms with E-state index < -0.39 is 0 Å². The van der Waals surface area contributed by atoms with E-state index in [2.05, 4.69) is 110 Å². The molecule has 0 aromatic heterocycles. The molecule has 6 rings (SSSR count). The van der Waals surface area contributed by atoms with Crippen LogP contribution in [0.25, 0.3) is 11.1 Å². The molecule has 0 spiro atoms. The molecule has 0 aliphatic carbocycles. The van der Waals surface area contributed by atoms with Gasteiger partial charge in [-0.25, -0.2) is 0 Å². The number of halogens is 1. The Bertz CT molecular complexity index is 1660. The lowest BCUT2D eigenvalue weighted by Gasteiger charge is -2.31. The Morgan fingerprint density at radius 1 is 0.610 bits per heavy atom. The number of hydrogen-bond acceptors (Lipinski definition) is 3. The summed E-state index contributed by atoms with van der Waals surface area (Å²) < 4.78 is 13.1. The van der Waals surface area contributed by atoms with Gasteiger partial charge in [-0.15, -0.1) is 0 Å². The van der Waals surface area contributed by atoms with Crippen LogP contribution >= 0.6 is 15.9 Å². The zero-order chi connectivity index (χ0) is 29.4. The second-order valence-corrected chi connectivity index (χ2v) is 12.7. The van der Waals surface area contributed by atoms with Crippen LogP contribution in [0.15, 0.2) is 102 Å². The molecule has 0 N–H and O–H groups in total. The van der Waals surface area contributed by atoms with Crippen molar-refractivity contribution in [2.75, 3.05) is 0 Å². The van der Waals surface area contributed by atoms with E-state index >= 15 is 0 Å². The molecule has 0 radical (unpaired) electrons. The molecule has 3 nitrogen and oxygen atoms in total. The van der Waals surface area contributed by atoms with Gasteiger partial charge in [0.1, 0.15) is 29.0 Å². The lowest BCUT2D eigenvalue weighted by Crippen LogP contribution is -2.29. The number of carbonyl (C=O) groups excluding carboxylic acids is 1. The van der Waals surface area contributed by atoms with Crippen molar-refractivity contribution in [1.82, 2.24) is 0 Å². The summed E-state index contributed by atoms with van der Waals surface area (Å²) in [5.74, 6) is 1.76. The van der Waals surface area contributed by atoms with Gasteiger partial charge in [0.15, 0.2) is 0 Å². The van der Waals surface area contributed by atoms with Gasteiger partial charge in [0.05, 0.1) is 0 Å². The minimum Gasteiger partial charge on any atom is -0.483 e. The van der Waals surface area contributed by atoms with Crippen LogP contribution in [0.3, 0.4) is 0 Å².